The number of amides is 2. The number of hydrogen-bond acceptors (Lipinski definition) is 5. The number of carbonyl (C=O) groups excluding carboxylic acids is 1. The van der Waals surface area contributed by atoms with E-state index in [1.807, 2.05) is 0 Å². The van der Waals surface area contributed by atoms with Crippen LogP contribution in [0.2, 0.25) is 0 Å². The minimum atomic E-state index is -3.52. The number of ether oxygens (including phenoxy) is 2. The molecule has 9 nitrogen and oxygen atoms in total. The standard InChI is InChI=1S/C19H22BrN5O4S/c1-28-8-10-9-29-18-15(7-22-25(10)18)30(21,27)24-19(26)23-17-13-4-2-3-11(13)16(20)12-5-6-14(12)17/h7,10H,2-6,8-9H2,1H3,(H3,21,23,24,26,27)/t10-,30?/m0/s1. The van der Waals surface area contributed by atoms with Crippen molar-refractivity contribution in [2.24, 2.45) is 9.50 Å². The zero-order valence-electron chi connectivity index (χ0n) is 16.4. The van der Waals surface area contributed by atoms with Gasteiger partial charge in [0.25, 0.3) is 0 Å². The van der Waals surface area contributed by atoms with Gasteiger partial charge in [-0.15, -0.1) is 4.36 Å². The van der Waals surface area contributed by atoms with Crippen molar-refractivity contribution in [2.75, 3.05) is 25.6 Å². The second kappa shape index (κ2) is 7.33. The third kappa shape index (κ3) is 3.06. The van der Waals surface area contributed by atoms with Gasteiger partial charge < -0.3 is 14.8 Å². The number of methoxy groups -OCH3 is 1. The summed E-state index contributed by atoms with van der Waals surface area (Å²) in [6.07, 6.45) is 6.17. The first kappa shape index (κ1) is 20.0. The molecule has 1 aromatic heterocycles. The van der Waals surface area contributed by atoms with Crippen LogP contribution in [0.3, 0.4) is 0 Å². The Hall–Kier alpha value is -1.95. The van der Waals surface area contributed by atoms with Crippen LogP contribution in [-0.4, -0.2) is 40.3 Å². The first-order valence-corrected chi connectivity index (χ1v) is 12.2. The summed E-state index contributed by atoms with van der Waals surface area (Å²) in [5.74, 6) is 0.273. The molecule has 0 saturated carbocycles. The average molecular weight is 496 g/mol. The van der Waals surface area contributed by atoms with E-state index < -0.39 is 15.9 Å². The van der Waals surface area contributed by atoms with Gasteiger partial charge in [0.2, 0.25) is 5.88 Å². The number of benzene rings is 1. The number of halogens is 1. The van der Waals surface area contributed by atoms with Gasteiger partial charge in [0.1, 0.15) is 17.5 Å². The lowest BCUT2D eigenvalue weighted by molar-refractivity contribution is 0.145. The first-order chi connectivity index (χ1) is 14.4. The lowest BCUT2D eigenvalue weighted by atomic mass is 9.83. The van der Waals surface area contributed by atoms with E-state index in [0.29, 0.717) is 13.2 Å². The molecule has 0 spiro atoms. The van der Waals surface area contributed by atoms with Crippen LogP contribution in [-0.2, 0) is 40.3 Å². The highest BCUT2D eigenvalue weighted by Crippen LogP contribution is 2.45. The molecule has 0 fully saturated rings. The van der Waals surface area contributed by atoms with Crippen LogP contribution in [0.1, 0.15) is 34.7 Å². The van der Waals surface area contributed by atoms with Crippen molar-refractivity contribution in [1.82, 2.24) is 9.78 Å². The van der Waals surface area contributed by atoms with Gasteiger partial charge in [-0.1, -0.05) is 15.9 Å². The van der Waals surface area contributed by atoms with E-state index in [-0.39, 0.29) is 16.8 Å². The van der Waals surface area contributed by atoms with Crippen LogP contribution in [0.5, 0.6) is 5.88 Å². The van der Waals surface area contributed by atoms with Gasteiger partial charge in [0.15, 0.2) is 9.92 Å². The summed E-state index contributed by atoms with van der Waals surface area (Å²) in [7, 11) is -1.94. The van der Waals surface area contributed by atoms with Crippen molar-refractivity contribution in [3.8, 4) is 5.88 Å². The van der Waals surface area contributed by atoms with Crippen molar-refractivity contribution in [2.45, 2.75) is 43.0 Å². The van der Waals surface area contributed by atoms with Crippen molar-refractivity contribution >= 4 is 37.6 Å². The normalized spacial score (nSPS) is 20.4. The number of fused-ring (bicyclic) bond motifs is 3. The fraction of sp³-hybridized carbons (Fsp3) is 0.474. The largest absolute Gasteiger partial charge is 0.475 e. The maximum atomic E-state index is 13.1. The number of hydrogen-bond donors (Lipinski definition) is 2. The second-order valence-electron chi connectivity index (χ2n) is 7.73. The molecule has 1 aromatic carbocycles. The molecular weight excluding hydrogens is 474 g/mol. The second-order valence-corrected chi connectivity index (χ2v) is 10.3. The third-order valence-electron chi connectivity index (χ3n) is 5.94. The van der Waals surface area contributed by atoms with E-state index in [1.54, 1.807) is 11.8 Å². The number of urea groups is 1. The number of rotatable bonds is 4. The van der Waals surface area contributed by atoms with Crippen LogP contribution in [0.25, 0.3) is 0 Å². The Morgan fingerprint density at radius 3 is 2.80 bits per heavy atom. The highest BCUT2D eigenvalue weighted by Gasteiger charge is 2.33. The monoisotopic (exact) mass is 495 g/mol. The highest BCUT2D eigenvalue weighted by molar-refractivity contribution is 9.10. The Kier molecular flexibility index (Phi) is 4.88. The number of aromatic nitrogens is 2. The fourth-order valence-electron chi connectivity index (χ4n) is 4.46. The van der Waals surface area contributed by atoms with Gasteiger partial charge in [-0.3, -0.25) is 0 Å². The summed E-state index contributed by atoms with van der Waals surface area (Å²) in [4.78, 5) is 12.8. The molecule has 0 bridgehead atoms. The van der Waals surface area contributed by atoms with Crippen molar-refractivity contribution in [3.63, 3.8) is 0 Å². The minimum absolute atomic E-state index is 0.116. The van der Waals surface area contributed by atoms with Crippen LogP contribution >= 0.6 is 15.9 Å². The molecule has 2 aliphatic carbocycles. The van der Waals surface area contributed by atoms with Crippen LogP contribution in [0, 0.1) is 0 Å². The average Bonchev–Trinajstić information content (AvgIpc) is 3.36. The summed E-state index contributed by atoms with van der Waals surface area (Å²) in [6, 6.07) is -0.855. The molecule has 3 N–H and O–H groups in total. The summed E-state index contributed by atoms with van der Waals surface area (Å²) < 4.78 is 30.4. The topological polar surface area (TPSA) is 121 Å². The van der Waals surface area contributed by atoms with E-state index in [1.165, 1.54) is 21.8 Å². The molecule has 2 amide bonds. The summed E-state index contributed by atoms with van der Waals surface area (Å²) in [5, 5.41) is 13.0. The zero-order valence-corrected chi connectivity index (χ0v) is 18.8. The van der Waals surface area contributed by atoms with Crippen molar-refractivity contribution in [3.05, 3.63) is 32.9 Å². The predicted molar refractivity (Wildman–Crippen MR) is 114 cm³/mol. The Labute approximate surface area is 182 Å². The van der Waals surface area contributed by atoms with Crippen molar-refractivity contribution < 1.29 is 18.5 Å². The van der Waals surface area contributed by atoms with Gasteiger partial charge in [-0.05, 0) is 54.4 Å². The molecular formula is C19H22BrN5O4S. The Balaban J connectivity index is 1.45. The lowest BCUT2D eigenvalue weighted by Crippen LogP contribution is -2.21. The smallest absolute Gasteiger partial charge is 0.354 e. The van der Waals surface area contributed by atoms with Crippen molar-refractivity contribution in [1.29, 1.82) is 0 Å². The molecule has 1 aliphatic heterocycles. The van der Waals surface area contributed by atoms with E-state index in [0.717, 1.165) is 48.9 Å². The Bertz CT molecular complexity index is 1180. The molecule has 0 saturated heterocycles. The van der Waals surface area contributed by atoms with E-state index in [4.69, 9.17) is 14.6 Å². The summed E-state index contributed by atoms with van der Waals surface area (Å²) >= 11 is 3.72. The van der Waals surface area contributed by atoms with E-state index >= 15 is 0 Å². The van der Waals surface area contributed by atoms with E-state index in [2.05, 4.69) is 30.7 Å². The predicted octanol–water partition coefficient (Wildman–Crippen LogP) is 2.75. The Morgan fingerprint density at radius 2 is 2.07 bits per heavy atom. The number of carbonyl (C=O) groups is 1. The van der Waals surface area contributed by atoms with Gasteiger partial charge in [0.05, 0.1) is 12.8 Å². The number of anilines is 1. The molecule has 5 rings (SSSR count). The molecule has 2 aromatic rings. The molecule has 3 aliphatic rings. The summed E-state index contributed by atoms with van der Waals surface area (Å²) in [6.45, 7) is 0.736. The van der Waals surface area contributed by atoms with Gasteiger partial charge >= 0.3 is 6.03 Å². The highest BCUT2D eigenvalue weighted by atomic mass is 79.9. The molecule has 2 heterocycles. The Morgan fingerprint density at radius 1 is 1.37 bits per heavy atom. The van der Waals surface area contributed by atoms with Gasteiger partial charge in [-0.25, -0.2) is 18.8 Å². The first-order valence-electron chi connectivity index (χ1n) is 9.80. The zero-order chi connectivity index (χ0) is 21.0. The quantitative estimate of drug-likeness (QED) is 0.675. The molecule has 30 heavy (non-hydrogen) atoms. The molecule has 0 radical (unpaired) electrons. The number of nitrogens with two attached hydrogens (primary N) is 1. The lowest BCUT2D eigenvalue weighted by Gasteiger charge is -2.27. The van der Waals surface area contributed by atoms with Crippen LogP contribution in [0.15, 0.2) is 19.9 Å². The maximum absolute atomic E-state index is 13.1. The molecule has 160 valence electrons. The van der Waals surface area contributed by atoms with E-state index in [9.17, 15) is 9.00 Å². The minimum Gasteiger partial charge on any atom is -0.475 e. The number of nitrogens with zero attached hydrogens (tertiary/aromatic N) is 3. The SMILES string of the molecule is COC[C@H]1COc2c(S(N)(=O)=NC(=O)Nc3c4c(c(Br)c5c3CC5)CCC4)cnn21. The summed E-state index contributed by atoms with van der Waals surface area (Å²) in [5.41, 5.74) is 5.58. The maximum Gasteiger partial charge on any atom is 0.354 e. The number of nitrogens with one attached hydrogen (secondary N) is 1. The third-order valence-corrected chi connectivity index (χ3v) is 8.25. The molecule has 11 heteroatoms. The van der Waals surface area contributed by atoms with Crippen LogP contribution < -0.4 is 15.2 Å². The fourth-order valence-corrected chi connectivity index (χ4v) is 6.33. The van der Waals surface area contributed by atoms with Gasteiger partial charge in [-0.2, -0.15) is 5.10 Å². The van der Waals surface area contributed by atoms with Gasteiger partial charge in [0, 0.05) is 17.3 Å². The molecule has 1 unspecified atom stereocenters. The molecule has 2 atom stereocenters. The van der Waals surface area contributed by atoms with Crippen LogP contribution in [0.4, 0.5) is 10.5 Å².